The van der Waals surface area contributed by atoms with Crippen molar-refractivity contribution in [3.05, 3.63) is 48.5 Å². The maximum absolute atomic E-state index is 11.5. The zero-order valence-electron chi connectivity index (χ0n) is 8.29. The standard InChI is InChI=1S/C12H8O3P/c13-16-14-11-7-3-1-5-9(11)10-6-2-4-8-12(10)15-16/h1-8H. The van der Waals surface area contributed by atoms with Crippen LogP contribution in [0, 0.1) is 0 Å². The van der Waals surface area contributed by atoms with E-state index in [-0.39, 0.29) is 0 Å². The lowest BCUT2D eigenvalue weighted by Crippen LogP contribution is -1.69. The van der Waals surface area contributed by atoms with Gasteiger partial charge in [0, 0.05) is 10.8 Å². The van der Waals surface area contributed by atoms with Gasteiger partial charge in [-0.1, -0.05) is 41.3 Å². The molecule has 0 atom stereocenters. The number of para-hydroxylation sites is 2. The van der Waals surface area contributed by atoms with Crippen LogP contribution in [0.5, 0.6) is 0 Å². The first-order valence-electron chi connectivity index (χ1n) is 4.86. The van der Waals surface area contributed by atoms with E-state index in [0.29, 0.717) is 11.2 Å². The van der Waals surface area contributed by atoms with E-state index in [4.69, 9.17) is 8.39 Å². The first-order valence-corrected chi connectivity index (χ1v) is 5.96. The molecule has 0 spiro atoms. The second-order valence-corrected chi connectivity index (χ2v) is 4.21. The van der Waals surface area contributed by atoms with Crippen molar-refractivity contribution in [2.24, 2.45) is 0 Å². The number of benzene rings is 2. The molecular weight excluding hydrogens is 223 g/mol. The van der Waals surface area contributed by atoms with Crippen molar-refractivity contribution >= 4 is 30.2 Å². The Labute approximate surface area is 92.6 Å². The highest BCUT2D eigenvalue weighted by Gasteiger charge is 2.03. The zero-order chi connectivity index (χ0) is 11.0. The summed E-state index contributed by atoms with van der Waals surface area (Å²) in [6.45, 7) is 0. The van der Waals surface area contributed by atoms with Crippen LogP contribution in [0.2, 0.25) is 0 Å². The molecule has 0 bridgehead atoms. The summed E-state index contributed by atoms with van der Waals surface area (Å²) in [6.07, 6.45) is 0. The van der Waals surface area contributed by atoms with Crippen molar-refractivity contribution in [1.82, 2.24) is 0 Å². The Morgan fingerprint density at radius 2 is 1.19 bits per heavy atom. The van der Waals surface area contributed by atoms with Gasteiger partial charge in [-0.2, -0.15) is 0 Å². The van der Waals surface area contributed by atoms with E-state index in [0.717, 1.165) is 10.8 Å². The van der Waals surface area contributed by atoms with Gasteiger partial charge < -0.3 is 8.39 Å². The van der Waals surface area contributed by atoms with Crippen LogP contribution in [0.1, 0.15) is 0 Å². The quantitative estimate of drug-likeness (QED) is 0.572. The summed E-state index contributed by atoms with van der Waals surface area (Å²) in [5.74, 6) is 0. The van der Waals surface area contributed by atoms with Crippen LogP contribution < -0.4 is 0 Å². The third kappa shape index (κ3) is 1.51. The molecule has 1 heterocycles. The Morgan fingerprint density at radius 3 is 1.69 bits per heavy atom. The lowest BCUT2D eigenvalue weighted by Gasteiger charge is -1.92. The molecule has 4 heteroatoms. The highest BCUT2D eigenvalue weighted by molar-refractivity contribution is 7.30. The molecular formula is C12H8O3P. The minimum absolute atomic E-state index is 0.591. The molecule has 2 aromatic carbocycles. The molecule has 3 aromatic rings. The monoisotopic (exact) mass is 231 g/mol. The highest BCUT2D eigenvalue weighted by atomic mass is 31.1. The number of rotatable bonds is 0. The lowest BCUT2D eigenvalue weighted by atomic mass is 10.1. The predicted octanol–water partition coefficient (Wildman–Crippen LogP) is 4.48. The molecule has 16 heavy (non-hydrogen) atoms. The van der Waals surface area contributed by atoms with Crippen LogP contribution in [0.25, 0.3) is 21.9 Å². The third-order valence-corrected chi connectivity index (χ3v) is 3.10. The van der Waals surface area contributed by atoms with Crippen molar-refractivity contribution in [3.8, 4) is 0 Å². The van der Waals surface area contributed by atoms with E-state index in [1.54, 1.807) is 12.1 Å². The fraction of sp³-hybridized carbons (Fsp3) is 0. The number of hydrogen-bond donors (Lipinski definition) is 0. The maximum atomic E-state index is 11.5. The summed E-state index contributed by atoms with van der Waals surface area (Å²) in [7, 11) is -2.14. The molecule has 0 fully saturated rings. The third-order valence-electron chi connectivity index (χ3n) is 2.41. The van der Waals surface area contributed by atoms with Crippen molar-refractivity contribution in [1.29, 1.82) is 0 Å². The van der Waals surface area contributed by atoms with Crippen LogP contribution in [-0.4, -0.2) is 0 Å². The van der Waals surface area contributed by atoms with Gasteiger partial charge in [-0.15, -0.1) is 0 Å². The molecule has 0 N–H and O–H groups in total. The molecule has 0 amide bonds. The van der Waals surface area contributed by atoms with Crippen molar-refractivity contribution in [2.75, 3.05) is 0 Å². The topological polar surface area (TPSA) is 46.2 Å². The second-order valence-electron chi connectivity index (χ2n) is 3.40. The molecule has 0 aliphatic carbocycles. The Balaban J connectivity index is 2.66. The first-order chi connectivity index (χ1) is 7.84. The van der Waals surface area contributed by atoms with E-state index in [9.17, 15) is 4.89 Å². The average Bonchev–Trinajstić information content (AvgIpc) is 2.44. The fourth-order valence-electron chi connectivity index (χ4n) is 1.72. The summed E-state index contributed by atoms with van der Waals surface area (Å²) in [4.78, 5) is 11.5. The Morgan fingerprint density at radius 1 is 0.750 bits per heavy atom. The normalized spacial score (nSPS) is 10.8. The maximum Gasteiger partial charge on any atom is 0.418 e. The Bertz CT molecular complexity index is 630. The molecule has 1 radical (unpaired) electrons. The summed E-state index contributed by atoms with van der Waals surface area (Å²) in [5.41, 5.74) is 1.18. The molecule has 0 aliphatic rings. The number of fused-ring (bicyclic) bond motifs is 3. The zero-order valence-corrected chi connectivity index (χ0v) is 9.19. The molecule has 0 saturated heterocycles. The smallest absolute Gasteiger partial charge is 0.397 e. The van der Waals surface area contributed by atoms with Crippen LogP contribution in [0.4, 0.5) is 0 Å². The molecule has 3 rings (SSSR count). The van der Waals surface area contributed by atoms with Gasteiger partial charge in [-0.25, -0.2) is 0 Å². The van der Waals surface area contributed by atoms with Gasteiger partial charge in [-0.05, 0) is 12.1 Å². The largest absolute Gasteiger partial charge is 0.418 e. The molecule has 0 aliphatic heterocycles. The molecule has 79 valence electrons. The van der Waals surface area contributed by atoms with Crippen LogP contribution in [-0.2, 0) is 4.89 Å². The van der Waals surface area contributed by atoms with Gasteiger partial charge in [0.2, 0.25) is 0 Å². The molecule has 0 saturated carbocycles. The van der Waals surface area contributed by atoms with E-state index in [2.05, 4.69) is 0 Å². The lowest BCUT2D eigenvalue weighted by molar-refractivity contribution is 0.417. The highest BCUT2D eigenvalue weighted by Crippen LogP contribution is 2.32. The van der Waals surface area contributed by atoms with Crippen molar-refractivity contribution < 1.29 is 13.3 Å². The van der Waals surface area contributed by atoms with E-state index < -0.39 is 8.24 Å². The summed E-state index contributed by atoms with van der Waals surface area (Å²) in [5, 5.41) is 1.80. The van der Waals surface area contributed by atoms with Crippen LogP contribution >= 0.6 is 8.24 Å². The van der Waals surface area contributed by atoms with E-state index in [1.165, 1.54) is 0 Å². The van der Waals surface area contributed by atoms with Gasteiger partial charge in [0.15, 0.2) is 0 Å². The van der Waals surface area contributed by atoms with Gasteiger partial charge >= 0.3 is 8.24 Å². The van der Waals surface area contributed by atoms with Gasteiger partial charge in [0.1, 0.15) is 11.2 Å². The fourth-order valence-corrected chi connectivity index (χ4v) is 2.39. The van der Waals surface area contributed by atoms with E-state index in [1.807, 2.05) is 36.4 Å². The summed E-state index contributed by atoms with van der Waals surface area (Å²) < 4.78 is 10.5. The molecule has 1 aromatic heterocycles. The van der Waals surface area contributed by atoms with Crippen LogP contribution in [0.15, 0.2) is 56.9 Å². The van der Waals surface area contributed by atoms with Crippen molar-refractivity contribution in [3.63, 3.8) is 0 Å². The Hall–Kier alpha value is -1.70. The average molecular weight is 231 g/mol. The Kier molecular flexibility index (Phi) is 2.21. The molecule has 3 nitrogen and oxygen atoms in total. The van der Waals surface area contributed by atoms with Gasteiger partial charge in [-0.3, -0.25) is 0 Å². The minimum Gasteiger partial charge on any atom is -0.397 e. The summed E-state index contributed by atoms with van der Waals surface area (Å²) >= 11 is 0. The van der Waals surface area contributed by atoms with Gasteiger partial charge in [0.05, 0.1) is 0 Å². The van der Waals surface area contributed by atoms with Crippen LogP contribution in [0.3, 0.4) is 0 Å². The second kappa shape index (κ2) is 3.71. The number of hydrogen-bond acceptors (Lipinski definition) is 2. The summed E-state index contributed by atoms with van der Waals surface area (Å²) in [6, 6.07) is 14.9. The SMILES string of the molecule is [O]p1oc2ccccc2c2ccccc2o1. The minimum atomic E-state index is -2.14. The van der Waals surface area contributed by atoms with Crippen molar-refractivity contribution in [2.45, 2.75) is 0 Å². The van der Waals surface area contributed by atoms with E-state index >= 15 is 0 Å². The van der Waals surface area contributed by atoms with Gasteiger partial charge in [0.25, 0.3) is 0 Å². The predicted molar refractivity (Wildman–Crippen MR) is 62.4 cm³/mol. The first kappa shape index (κ1) is 9.52. The molecule has 0 unspecified atom stereocenters.